The number of methoxy groups -OCH3 is 12. The summed E-state index contributed by atoms with van der Waals surface area (Å²) in [7, 11) is 20.4. The number of rotatable bonds is 14. The third-order valence-electron chi connectivity index (χ3n) is 12.8. The van der Waals surface area contributed by atoms with Crippen LogP contribution in [0.3, 0.4) is 0 Å². The fourth-order valence-electron chi connectivity index (χ4n) is 7.54. The lowest BCUT2D eigenvalue weighted by Gasteiger charge is -2.10. The molecule has 9 aromatic rings. The molecular weight excluding hydrogens is 1390 g/mol. The van der Waals surface area contributed by atoms with Crippen molar-refractivity contribution in [3.05, 3.63) is 127 Å². The second kappa shape index (κ2) is 46.2. The van der Waals surface area contributed by atoms with Gasteiger partial charge in [-0.15, -0.1) is 11.8 Å². The summed E-state index contributed by atoms with van der Waals surface area (Å²) in [5, 5.41) is 4.78. The highest BCUT2D eigenvalue weighted by Crippen LogP contribution is 2.33. The van der Waals surface area contributed by atoms with E-state index in [1.165, 1.54) is 45.7 Å². The van der Waals surface area contributed by atoms with E-state index in [-0.39, 0.29) is 11.4 Å². The summed E-state index contributed by atoms with van der Waals surface area (Å²) in [6, 6.07) is 0. The van der Waals surface area contributed by atoms with E-state index in [1.54, 1.807) is 125 Å². The van der Waals surface area contributed by atoms with Crippen LogP contribution in [0.4, 0.5) is 19.0 Å². The lowest BCUT2D eigenvalue weighted by atomic mass is 10.2. The van der Waals surface area contributed by atoms with Crippen molar-refractivity contribution >= 4 is 40.8 Å². The van der Waals surface area contributed by atoms with Gasteiger partial charge in [-0.25, -0.2) is 59.8 Å². The van der Waals surface area contributed by atoms with Gasteiger partial charge in [0.2, 0.25) is 70.6 Å². The van der Waals surface area contributed by atoms with Crippen molar-refractivity contribution in [3.63, 3.8) is 0 Å². The lowest BCUT2D eigenvalue weighted by molar-refractivity contribution is -0.141. The van der Waals surface area contributed by atoms with Crippen LogP contribution in [0.5, 0.6) is 70.6 Å². The minimum absolute atomic E-state index is 0.0534. The topological polar surface area (TPSA) is 355 Å². The predicted octanol–water partition coefficient (Wildman–Crippen LogP) is 11.5. The van der Waals surface area contributed by atoms with Gasteiger partial charge in [-0.3, -0.25) is 0 Å². The summed E-state index contributed by atoms with van der Waals surface area (Å²) in [5.74, 6) is 9.09. The van der Waals surface area contributed by atoms with Gasteiger partial charge < -0.3 is 62.2 Å². The van der Waals surface area contributed by atoms with Gasteiger partial charge in [0.15, 0.2) is 5.69 Å². The SMILES string of the molecule is CNc1ncnc(OC)c1C.COc1nc(C)nc(OC)c1C.COc1nc(C)nc(OC)c1C.COc1nc(C)nc(OC)c1C.COc1ncnc(C(F)(F)F)c1C.COc1ncnc(C)c1C.COc1ncnc(Cl)c1C.COc1ncnc(Cl)c1C.COc1ncnc(SC)c1C. The Kier molecular flexibility index (Phi) is 40.7. The van der Waals surface area contributed by atoms with Crippen LogP contribution in [0.1, 0.15) is 78.9 Å². The molecule has 552 valence electrons. The normalized spacial score (nSPS) is 9.82. The molecule has 0 aliphatic rings. The molecular formula is C64H88Cl2F3N19O12S. The number of thioether (sulfide) groups is 1. The highest BCUT2D eigenvalue weighted by molar-refractivity contribution is 7.98. The van der Waals surface area contributed by atoms with Crippen LogP contribution in [0.2, 0.25) is 10.3 Å². The zero-order chi connectivity index (χ0) is 76.7. The first-order chi connectivity index (χ1) is 47.9. The Balaban J connectivity index is 0.000000569. The molecule has 37 heteroatoms. The van der Waals surface area contributed by atoms with E-state index in [2.05, 4.69) is 99.8 Å². The average Bonchev–Trinajstić information content (AvgIpc) is 0.829. The maximum Gasteiger partial charge on any atom is 0.433 e. The van der Waals surface area contributed by atoms with Crippen molar-refractivity contribution in [2.75, 3.05) is 104 Å². The average molecular weight is 1480 g/mol. The summed E-state index contributed by atoms with van der Waals surface area (Å²) in [6.45, 7) is 23.6. The summed E-state index contributed by atoms with van der Waals surface area (Å²) < 4.78 is 96.3. The van der Waals surface area contributed by atoms with Crippen molar-refractivity contribution in [3.8, 4) is 70.6 Å². The molecule has 0 saturated heterocycles. The quantitative estimate of drug-likeness (QED) is 0.0780. The number of ether oxygens (including phenoxy) is 12. The van der Waals surface area contributed by atoms with Crippen LogP contribution in [0.25, 0.3) is 0 Å². The van der Waals surface area contributed by atoms with Crippen LogP contribution < -0.4 is 62.2 Å². The Morgan fingerprint density at radius 1 is 0.307 bits per heavy atom. The molecule has 0 aliphatic heterocycles. The largest absolute Gasteiger partial charge is 0.481 e. The highest BCUT2D eigenvalue weighted by Gasteiger charge is 2.35. The maximum atomic E-state index is 12.2. The monoisotopic (exact) mass is 1470 g/mol. The van der Waals surface area contributed by atoms with E-state index in [0.717, 1.165) is 67.4 Å². The zero-order valence-electron chi connectivity index (χ0n) is 61.7. The van der Waals surface area contributed by atoms with Crippen molar-refractivity contribution in [2.45, 2.75) is 101 Å². The second-order valence-corrected chi connectivity index (χ2v) is 20.9. The maximum absolute atomic E-state index is 12.2. The highest BCUT2D eigenvalue weighted by atomic mass is 35.5. The first-order valence-corrected chi connectivity index (χ1v) is 31.4. The number of aryl methyl sites for hydroxylation is 4. The van der Waals surface area contributed by atoms with E-state index in [4.69, 9.17) is 75.3 Å². The predicted molar refractivity (Wildman–Crippen MR) is 375 cm³/mol. The van der Waals surface area contributed by atoms with Crippen LogP contribution in [-0.2, 0) is 6.18 Å². The van der Waals surface area contributed by atoms with Crippen molar-refractivity contribution < 1.29 is 70.0 Å². The summed E-state index contributed by atoms with van der Waals surface area (Å²) in [4.78, 5) is 70.3. The Morgan fingerprint density at radius 2 is 0.564 bits per heavy atom. The third kappa shape index (κ3) is 28.5. The van der Waals surface area contributed by atoms with E-state index in [1.807, 2.05) is 61.8 Å². The first-order valence-electron chi connectivity index (χ1n) is 29.4. The van der Waals surface area contributed by atoms with Gasteiger partial charge in [0.1, 0.15) is 76.6 Å². The lowest BCUT2D eigenvalue weighted by Crippen LogP contribution is -2.11. The van der Waals surface area contributed by atoms with Crippen LogP contribution >= 0.6 is 35.0 Å². The first kappa shape index (κ1) is 88.9. The minimum Gasteiger partial charge on any atom is -0.481 e. The standard InChI is InChI=1S/3C8H12N2O2.C7H7F3N2O.C7H11N3O.C7H10N2OS.C7H10N2O.2C6H7ClN2O/c3*1-5-7(11-3)9-6(2)10-8(5)12-4;1-4-5(7(8,9)10)11-3-12-6(4)13-2;1-5-6(8-2)9-4-10-7(5)11-3;1-5-6(10-2)8-4-9-7(5)11-3;1-5-6(2)8-4-9-7(5)10-3;2*1-4-5(7)8-3-9-6(4)10-2/h3*1-4H3;3H,1-2H3;4H,1-3H3,(H,8,9,10);4H,1-3H3;4H,1-3H3;2*3H,1-2H3. The molecule has 0 aromatic carbocycles. The summed E-state index contributed by atoms with van der Waals surface area (Å²) in [6.07, 6.45) is 5.57. The minimum atomic E-state index is -4.46. The second-order valence-electron chi connectivity index (χ2n) is 19.4. The molecule has 1 N–H and O–H groups in total. The summed E-state index contributed by atoms with van der Waals surface area (Å²) >= 11 is 12.9. The molecule has 0 spiro atoms. The number of alkyl halides is 3. The van der Waals surface area contributed by atoms with Gasteiger partial charge in [-0.2, -0.15) is 43.1 Å². The molecule has 31 nitrogen and oxygen atoms in total. The molecule has 0 amide bonds. The number of aromatic nitrogens is 18. The molecule has 9 aromatic heterocycles. The van der Waals surface area contributed by atoms with Crippen molar-refractivity contribution in [1.29, 1.82) is 0 Å². The Labute approximate surface area is 600 Å². The van der Waals surface area contributed by atoms with Crippen LogP contribution in [0, 0.1) is 90.0 Å². The number of anilines is 1. The van der Waals surface area contributed by atoms with Gasteiger partial charge >= 0.3 is 6.18 Å². The van der Waals surface area contributed by atoms with Crippen LogP contribution in [0.15, 0.2) is 43.0 Å². The number of nitrogens with one attached hydrogen (secondary N) is 1. The number of nitrogens with zero attached hydrogens (tertiary/aromatic N) is 18. The summed E-state index contributed by atoms with van der Waals surface area (Å²) in [5.41, 5.74) is 6.86. The molecule has 0 fully saturated rings. The van der Waals surface area contributed by atoms with Gasteiger partial charge in [0.05, 0.1) is 108 Å². The molecule has 0 unspecified atom stereocenters. The molecule has 9 rings (SSSR count). The molecule has 0 bridgehead atoms. The van der Waals surface area contributed by atoms with E-state index in [9.17, 15) is 13.2 Å². The van der Waals surface area contributed by atoms with Gasteiger partial charge in [-0.1, -0.05) is 23.2 Å². The van der Waals surface area contributed by atoms with Crippen molar-refractivity contribution in [1.82, 2.24) is 89.7 Å². The molecule has 0 radical (unpaired) electrons. The van der Waals surface area contributed by atoms with E-state index in [0.29, 0.717) is 92.5 Å². The van der Waals surface area contributed by atoms with Crippen molar-refractivity contribution in [2.24, 2.45) is 0 Å². The molecule has 0 saturated carbocycles. The number of hydrogen-bond donors (Lipinski definition) is 1. The van der Waals surface area contributed by atoms with E-state index >= 15 is 0 Å². The Hall–Kier alpha value is -10.2. The van der Waals surface area contributed by atoms with Crippen LogP contribution in [-0.4, -0.2) is 188 Å². The van der Waals surface area contributed by atoms with Gasteiger partial charge in [0, 0.05) is 40.6 Å². The smallest absolute Gasteiger partial charge is 0.433 e. The molecule has 101 heavy (non-hydrogen) atoms. The van der Waals surface area contributed by atoms with Gasteiger partial charge in [0.25, 0.3) is 0 Å². The zero-order valence-corrected chi connectivity index (χ0v) is 64.0. The molecule has 0 aliphatic carbocycles. The molecule has 0 atom stereocenters. The molecule has 9 heterocycles. The Bertz CT molecular complexity index is 3560. The Morgan fingerprint density at radius 3 is 0.842 bits per heavy atom. The van der Waals surface area contributed by atoms with E-state index < -0.39 is 11.9 Å². The number of hydrogen-bond acceptors (Lipinski definition) is 32. The fraction of sp³-hybridized carbons (Fsp3) is 0.438. The van der Waals surface area contributed by atoms with Gasteiger partial charge in [-0.05, 0) is 96.3 Å². The fourth-order valence-corrected chi connectivity index (χ4v) is 8.33. The third-order valence-corrected chi connectivity index (χ3v) is 14.4. The number of halogens is 5.